The van der Waals surface area contributed by atoms with Gasteiger partial charge in [-0.15, -0.1) is 0 Å². The number of aromatic nitrogens is 1. The summed E-state index contributed by atoms with van der Waals surface area (Å²) < 4.78 is 5.48. The Morgan fingerprint density at radius 1 is 0.857 bits per heavy atom. The van der Waals surface area contributed by atoms with Crippen molar-refractivity contribution in [2.75, 3.05) is 0 Å². The maximum atomic E-state index is 14.8. The Bertz CT molecular complexity index is 2310. The SMILES string of the molecule is CC(C)(C)OC(=O)N[C@@H](Cc1c[nH]c2ccccc12)C(=O)N(C(=O)C1CCc2ccccc21)C(=O)[C@H](CC(=O)O)NC(=O)[C@@H](N)Cc1ccc2ccccc2c1. The summed E-state index contributed by atoms with van der Waals surface area (Å²) in [6.45, 7) is 4.93. The molecule has 6 rings (SSSR count). The Balaban J connectivity index is 1.34. The molecule has 4 aromatic carbocycles. The minimum atomic E-state index is -1.87. The minimum absolute atomic E-state index is 0.0532. The summed E-state index contributed by atoms with van der Waals surface area (Å²) in [5.41, 5.74) is 8.91. The summed E-state index contributed by atoms with van der Waals surface area (Å²) >= 11 is 0. The number of rotatable bonds is 12. The molecule has 0 aliphatic heterocycles. The van der Waals surface area contributed by atoms with Crippen LogP contribution in [0.5, 0.6) is 0 Å². The molecule has 13 heteroatoms. The number of benzene rings is 4. The third-order valence-corrected chi connectivity index (χ3v) is 9.78. The molecular weight excluding hydrogens is 714 g/mol. The number of para-hydroxylation sites is 1. The van der Waals surface area contributed by atoms with Crippen LogP contribution in [-0.4, -0.2) is 74.4 Å². The number of fused-ring (bicyclic) bond motifs is 3. The molecule has 13 nitrogen and oxygen atoms in total. The summed E-state index contributed by atoms with van der Waals surface area (Å²) in [6.07, 6.45) is 0.373. The van der Waals surface area contributed by atoms with E-state index in [1.807, 2.05) is 72.8 Å². The van der Waals surface area contributed by atoms with E-state index in [0.717, 1.165) is 32.8 Å². The third kappa shape index (κ3) is 9.12. The van der Waals surface area contributed by atoms with Crippen molar-refractivity contribution < 1.29 is 38.6 Å². The maximum absolute atomic E-state index is 14.8. The fourth-order valence-electron chi connectivity index (χ4n) is 7.14. The van der Waals surface area contributed by atoms with Gasteiger partial charge in [-0.3, -0.25) is 24.0 Å². The van der Waals surface area contributed by atoms with Gasteiger partial charge in [-0.05, 0) is 79.1 Å². The van der Waals surface area contributed by atoms with Crippen LogP contribution >= 0.6 is 0 Å². The molecule has 1 aromatic heterocycles. The molecule has 0 fully saturated rings. The van der Waals surface area contributed by atoms with Crippen LogP contribution in [0.1, 0.15) is 61.8 Å². The number of aliphatic carboxylic acids is 1. The molecule has 1 aliphatic rings. The highest BCUT2D eigenvalue weighted by Gasteiger charge is 2.44. The van der Waals surface area contributed by atoms with Crippen molar-refractivity contribution in [1.29, 1.82) is 0 Å². The van der Waals surface area contributed by atoms with Crippen LogP contribution < -0.4 is 16.4 Å². The summed E-state index contributed by atoms with van der Waals surface area (Å²) in [7, 11) is 0. The molecule has 1 aliphatic carbocycles. The predicted octanol–water partition coefficient (Wildman–Crippen LogP) is 4.90. The van der Waals surface area contributed by atoms with Gasteiger partial charge in [0.05, 0.1) is 18.4 Å². The normalized spacial score (nSPS) is 15.3. The van der Waals surface area contributed by atoms with E-state index in [1.54, 1.807) is 45.2 Å². The number of carboxylic acids is 1. The second-order valence-electron chi connectivity index (χ2n) is 15.1. The van der Waals surface area contributed by atoms with Gasteiger partial charge < -0.3 is 31.2 Å². The average molecular weight is 760 g/mol. The number of H-pyrrole nitrogens is 1. The number of nitrogens with two attached hydrogens (primary N) is 1. The Labute approximate surface area is 323 Å². The van der Waals surface area contributed by atoms with Gasteiger partial charge >= 0.3 is 12.1 Å². The Morgan fingerprint density at radius 2 is 1.54 bits per heavy atom. The number of ether oxygens (including phenoxy) is 1. The first-order valence-corrected chi connectivity index (χ1v) is 18.5. The lowest BCUT2D eigenvalue weighted by Crippen LogP contribution is -2.60. The second-order valence-corrected chi connectivity index (χ2v) is 15.1. The van der Waals surface area contributed by atoms with E-state index in [0.29, 0.717) is 22.4 Å². The molecule has 56 heavy (non-hydrogen) atoms. The minimum Gasteiger partial charge on any atom is -0.481 e. The lowest BCUT2D eigenvalue weighted by Gasteiger charge is -2.31. The van der Waals surface area contributed by atoms with Gasteiger partial charge in [0, 0.05) is 23.5 Å². The zero-order valence-electron chi connectivity index (χ0n) is 31.4. The Kier molecular flexibility index (Phi) is 11.6. The fraction of sp³-hybridized carbons (Fsp3) is 0.302. The monoisotopic (exact) mass is 759 g/mol. The van der Waals surface area contributed by atoms with E-state index in [-0.39, 0.29) is 19.3 Å². The van der Waals surface area contributed by atoms with Crippen LogP contribution in [0.3, 0.4) is 0 Å². The molecule has 5 aromatic rings. The molecule has 0 saturated heterocycles. The van der Waals surface area contributed by atoms with Crippen molar-refractivity contribution in [1.82, 2.24) is 20.5 Å². The van der Waals surface area contributed by atoms with Gasteiger partial charge in [-0.1, -0.05) is 84.9 Å². The largest absolute Gasteiger partial charge is 0.481 e. The van der Waals surface area contributed by atoms with Crippen LogP contribution in [-0.2, 0) is 48.0 Å². The van der Waals surface area contributed by atoms with Gasteiger partial charge in [0.25, 0.3) is 11.8 Å². The summed E-state index contributed by atoms with van der Waals surface area (Å²) in [5.74, 6) is -6.57. The first-order chi connectivity index (χ1) is 26.7. The molecule has 0 bridgehead atoms. The number of imide groups is 3. The number of aryl methyl sites for hydroxylation is 1. The number of alkyl carbamates (subject to hydrolysis) is 1. The molecule has 0 saturated carbocycles. The number of hydrogen-bond acceptors (Lipinski definition) is 8. The molecule has 4 atom stereocenters. The molecular formula is C43H45N5O8. The number of hydrogen-bond donors (Lipinski definition) is 5. The van der Waals surface area contributed by atoms with Crippen molar-refractivity contribution in [2.45, 2.75) is 82.5 Å². The van der Waals surface area contributed by atoms with Crippen LogP contribution in [0.25, 0.3) is 21.7 Å². The molecule has 0 spiro atoms. The van der Waals surface area contributed by atoms with E-state index in [9.17, 15) is 33.9 Å². The topological polar surface area (TPSA) is 201 Å². The highest BCUT2D eigenvalue weighted by atomic mass is 16.6. The standard InChI is InChI=1S/C43H45N5O8/c1-43(2,3)56-42(55)47-35(22-29-24-45-34-15-9-8-14-31(29)34)40(53)48(39(52)32-19-18-27-11-6-7-13-30(27)32)41(54)36(23-37(49)50)46-38(51)33(44)21-25-16-17-26-10-4-5-12-28(26)20-25/h4-17,20,24,32-33,35-36,45H,18-19,21-23,44H2,1-3H3,(H,46,51)(H,47,55)(H,49,50)/t32?,33-,35-,36-/m0/s1. The van der Waals surface area contributed by atoms with E-state index in [1.165, 1.54) is 0 Å². The Morgan fingerprint density at radius 3 is 2.29 bits per heavy atom. The quantitative estimate of drug-likeness (QED) is 0.117. The first kappa shape index (κ1) is 39.4. The number of carboxylic acid groups (broad SMARTS) is 1. The number of carbonyl (C=O) groups is 6. The van der Waals surface area contributed by atoms with Gasteiger partial charge in [-0.2, -0.15) is 0 Å². The lowest BCUT2D eigenvalue weighted by molar-refractivity contribution is -0.159. The number of nitrogens with one attached hydrogen (secondary N) is 3. The third-order valence-electron chi connectivity index (χ3n) is 9.78. The summed E-state index contributed by atoms with van der Waals surface area (Å²) in [6, 6.07) is 23.0. The van der Waals surface area contributed by atoms with Crippen LogP contribution in [0.15, 0.2) is 97.2 Å². The van der Waals surface area contributed by atoms with Crippen LogP contribution in [0, 0.1) is 0 Å². The Hall–Kier alpha value is -6.34. The number of carbonyl (C=O) groups excluding carboxylic acids is 5. The molecule has 1 unspecified atom stereocenters. The number of nitrogens with zero attached hydrogens (tertiary/aromatic N) is 1. The predicted molar refractivity (Wildman–Crippen MR) is 209 cm³/mol. The average Bonchev–Trinajstić information content (AvgIpc) is 3.77. The van der Waals surface area contributed by atoms with Gasteiger partial charge in [0.1, 0.15) is 17.7 Å². The molecule has 1 heterocycles. The summed E-state index contributed by atoms with van der Waals surface area (Å²) in [5, 5.41) is 17.6. The highest BCUT2D eigenvalue weighted by Crippen LogP contribution is 2.35. The molecule has 290 valence electrons. The second kappa shape index (κ2) is 16.6. The number of amides is 5. The summed E-state index contributed by atoms with van der Waals surface area (Å²) in [4.78, 5) is 86.7. The zero-order chi connectivity index (χ0) is 40.1. The number of aromatic amines is 1. The van der Waals surface area contributed by atoms with E-state index in [4.69, 9.17) is 10.5 Å². The first-order valence-electron chi connectivity index (χ1n) is 18.5. The van der Waals surface area contributed by atoms with Crippen LogP contribution in [0.2, 0.25) is 0 Å². The van der Waals surface area contributed by atoms with Gasteiger partial charge in [0.2, 0.25) is 11.8 Å². The highest BCUT2D eigenvalue weighted by molar-refractivity contribution is 6.16. The molecule has 5 amide bonds. The van der Waals surface area contributed by atoms with E-state index in [2.05, 4.69) is 15.6 Å². The fourth-order valence-corrected chi connectivity index (χ4v) is 7.14. The van der Waals surface area contributed by atoms with Gasteiger partial charge in [-0.25, -0.2) is 9.69 Å². The van der Waals surface area contributed by atoms with Crippen molar-refractivity contribution in [3.8, 4) is 0 Å². The zero-order valence-corrected chi connectivity index (χ0v) is 31.4. The lowest BCUT2D eigenvalue weighted by atomic mass is 9.97. The van der Waals surface area contributed by atoms with E-state index >= 15 is 0 Å². The molecule has 0 radical (unpaired) electrons. The van der Waals surface area contributed by atoms with Gasteiger partial charge in [0.15, 0.2) is 0 Å². The van der Waals surface area contributed by atoms with Crippen molar-refractivity contribution in [3.63, 3.8) is 0 Å². The maximum Gasteiger partial charge on any atom is 0.408 e. The van der Waals surface area contributed by atoms with Crippen molar-refractivity contribution >= 4 is 57.4 Å². The van der Waals surface area contributed by atoms with Crippen molar-refractivity contribution in [3.05, 3.63) is 119 Å². The molecule has 6 N–H and O–H groups in total. The smallest absolute Gasteiger partial charge is 0.408 e. The van der Waals surface area contributed by atoms with Crippen LogP contribution in [0.4, 0.5) is 4.79 Å². The van der Waals surface area contributed by atoms with Crippen molar-refractivity contribution in [2.24, 2.45) is 5.73 Å². The van der Waals surface area contributed by atoms with E-state index < -0.39 is 71.8 Å².